The van der Waals surface area contributed by atoms with Crippen molar-refractivity contribution in [2.24, 2.45) is 0 Å². The van der Waals surface area contributed by atoms with Gasteiger partial charge >= 0.3 is 0 Å². The van der Waals surface area contributed by atoms with Gasteiger partial charge in [0.05, 0.1) is 17.1 Å². The summed E-state index contributed by atoms with van der Waals surface area (Å²) >= 11 is 0. The maximum atomic E-state index is 13.8. The maximum absolute atomic E-state index is 13.8. The minimum absolute atomic E-state index is 0.0145. The van der Waals surface area contributed by atoms with Crippen molar-refractivity contribution in [3.8, 4) is 0 Å². The molecule has 1 aromatic heterocycles. The molecule has 8 heteroatoms. The topological polar surface area (TPSA) is 85.4 Å². The lowest BCUT2D eigenvalue weighted by Crippen LogP contribution is -2.31. The van der Waals surface area contributed by atoms with Crippen molar-refractivity contribution in [3.63, 3.8) is 0 Å². The Morgan fingerprint density at radius 2 is 2.16 bits per heavy atom. The molecular weight excluding hydrogens is 347 g/mol. The third-order valence-corrected chi connectivity index (χ3v) is 5.66. The summed E-state index contributed by atoms with van der Waals surface area (Å²) in [5.41, 5.74) is -0.0498. The first-order valence-electron chi connectivity index (χ1n) is 8.11. The molecule has 0 saturated carbocycles. The number of sulfonamides is 1. The summed E-state index contributed by atoms with van der Waals surface area (Å²) in [6.45, 7) is 1.97. The van der Waals surface area contributed by atoms with Crippen molar-refractivity contribution < 1.29 is 22.3 Å². The minimum Gasteiger partial charge on any atom is -0.375 e. The van der Waals surface area contributed by atoms with Crippen LogP contribution in [0.1, 0.15) is 32.6 Å². The standard InChI is InChI=1S/C17H19FN2O4S/c1-11-4-5-12(24-11)6-9-16(21)20-25(22,23)15-8-7-14(18)17-13(15)3-2-10-19-17/h2-3,7-8,10-12H,4-6,9H2,1H3,(H,20,21)/t11-,12+/m1/s1. The van der Waals surface area contributed by atoms with Crippen molar-refractivity contribution in [1.82, 2.24) is 9.71 Å². The normalized spacial score (nSPS) is 20.7. The molecule has 25 heavy (non-hydrogen) atoms. The average Bonchev–Trinajstić information content (AvgIpc) is 2.98. The van der Waals surface area contributed by atoms with Gasteiger partial charge in [0.2, 0.25) is 5.91 Å². The van der Waals surface area contributed by atoms with E-state index in [1.54, 1.807) is 0 Å². The van der Waals surface area contributed by atoms with Crippen molar-refractivity contribution in [3.05, 3.63) is 36.3 Å². The molecule has 134 valence electrons. The molecule has 2 atom stereocenters. The van der Waals surface area contributed by atoms with Gasteiger partial charge in [0.1, 0.15) is 11.3 Å². The van der Waals surface area contributed by atoms with Crippen LogP contribution in [0.5, 0.6) is 0 Å². The second-order valence-corrected chi connectivity index (χ2v) is 7.81. The Hall–Kier alpha value is -2.06. The lowest BCUT2D eigenvalue weighted by Gasteiger charge is -2.12. The summed E-state index contributed by atoms with van der Waals surface area (Å²) in [6.07, 6.45) is 3.87. The Kier molecular flexibility index (Phi) is 5.01. The van der Waals surface area contributed by atoms with Crippen molar-refractivity contribution in [1.29, 1.82) is 0 Å². The number of pyridine rings is 1. The van der Waals surface area contributed by atoms with Crippen LogP contribution in [0.2, 0.25) is 0 Å². The highest BCUT2D eigenvalue weighted by atomic mass is 32.2. The van der Waals surface area contributed by atoms with E-state index in [1.807, 2.05) is 11.6 Å². The number of fused-ring (bicyclic) bond motifs is 1. The Labute approximate surface area is 145 Å². The third-order valence-electron chi connectivity index (χ3n) is 4.23. The second kappa shape index (κ2) is 7.05. The quantitative estimate of drug-likeness (QED) is 0.879. The molecule has 6 nitrogen and oxygen atoms in total. The zero-order valence-corrected chi connectivity index (χ0v) is 14.6. The molecule has 3 rings (SSSR count). The van der Waals surface area contributed by atoms with Gasteiger partial charge in [-0.2, -0.15) is 0 Å². The van der Waals surface area contributed by atoms with Crippen LogP contribution >= 0.6 is 0 Å². The number of benzene rings is 1. The molecule has 0 unspecified atom stereocenters. The lowest BCUT2D eigenvalue weighted by molar-refractivity contribution is -0.120. The molecule has 1 saturated heterocycles. The van der Waals surface area contributed by atoms with E-state index in [2.05, 4.69) is 4.98 Å². The van der Waals surface area contributed by atoms with Crippen LogP contribution in [0.4, 0.5) is 4.39 Å². The number of hydrogen-bond acceptors (Lipinski definition) is 5. The zero-order valence-electron chi connectivity index (χ0n) is 13.7. The van der Waals surface area contributed by atoms with Gasteiger partial charge in [-0.15, -0.1) is 0 Å². The predicted octanol–water partition coefficient (Wildman–Crippen LogP) is 2.53. The molecule has 0 aliphatic carbocycles. The third kappa shape index (κ3) is 3.96. The molecule has 2 aromatic rings. The van der Waals surface area contributed by atoms with Gasteiger partial charge in [-0.3, -0.25) is 9.78 Å². The van der Waals surface area contributed by atoms with Crippen molar-refractivity contribution in [2.75, 3.05) is 0 Å². The number of ether oxygens (including phenoxy) is 1. The van der Waals surface area contributed by atoms with Crippen molar-refractivity contribution >= 4 is 26.8 Å². The molecule has 1 aliphatic rings. The number of nitrogens with one attached hydrogen (secondary N) is 1. The van der Waals surface area contributed by atoms with E-state index >= 15 is 0 Å². The van der Waals surface area contributed by atoms with Gasteiger partial charge in [0.15, 0.2) is 0 Å². The number of carbonyl (C=O) groups excluding carboxylic acids is 1. The number of rotatable bonds is 5. The van der Waals surface area contributed by atoms with Gasteiger partial charge < -0.3 is 4.74 Å². The van der Waals surface area contributed by atoms with Gasteiger partial charge in [0, 0.05) is 18.0 Å². The summed E-state index contributed by atoms with van der Waals surface area (Å²) in [5.74, 6) is -1.22. The molecular formula is C17H19FN2O4S. The summed E-state index contributed by atoms with van der Waals surface area (Å²) in [6, 6.07) is 5.14. The summed E-state index contributed by atoms with van der Waals surface area (Å²) in [7, 11) is -4.11. The first kappa shape index (κ1) is 17.8. The monoisotopic (exact) mass is 366 g/mol. The van der Waals surface area contributed by atoms with Crippen LogP contribution in [-0.4, -0.2) is 31.5 Å². The number of nitrogens with zero attached hydrogens (tertiary/aromatic N) is 1. The largest absolute Gasteiger partial charge is 0.375 e. The van der Waals surface area contributed by atoms with Crippen LogP contribution in [-0.2, 0) is 19.6 Å². The van der Waals surface area contributed by atoms with Gasteiger partial charge in [-0.25, -0.2) is 17.5 Å². The fourth-order valence-corrected chi connectivity index (χ4v) is 4.21. The number of aromatic nitrogens is 1. The SMILES string of the molecule is C[C@@H]1CC[C@@H](CCC(=O)NS(=O)(=O)c2ccc(F)c3ncccc23)O1. The highest BCUT2D eigenvalue weighted by molar-refractivity contribution is 7.90. The Morgan fingerprint density at radius 1 is 1.36 bits per heavy atom. The molecule has 1 amide bonds. The van der Waals surface area contributed by atoms with Crippen LogP contribution in [0.25, 0.3) is 10.9 Å². The molecule has 0 spiro atoms. The van der Waals surface area contributed by atoms with E-state index in [-0.39, 0.29) is 34.4 Å². The first-order chi connectivity index (χ1) is 11.9. The van der Waals surface area contributed by atoms with Crippen LogP contribution in [0.3, 0.4) is 0 Å². The van der Waals surface area contributed by atoms with E-state index in [4.69, 9.17) is 4.74 Å². The van der Waals surface area contributed by atoms with Gasteiger partial charge in [-0.05, 0) is 50.5 Å². The van der Waals surface area contributed by atoms with Gasteiger partial charge in [-0.1, -0.05) is 0 Å². The first-order valence-corrected chi connectivity index (χ1v) is 9.59. The van der Waals surface area contributed by atoms with Crippen LogP contribution in [0.15, 0.2) is 35.4 Å². The van der Waals surface area contributed by atoms with E-state index in [1.165, 1.54) is 18.3 Å². The molecule has 0 bridgehead atoms. The van der Waals surface area contributed by atoms with E-state index in [9.17, 15) is 17.6 Å². The number of hydrogen-bond donors (Lipinski definition) is 1. The predicted molar refractivity (Wildman–Crippen MR) is 89.8 cm³/mol. The smallest absolute Gasteiger partial charge is 0.264 e. The number of amides is 1. The minimum atomic E-state index is -4.11. The van der Waals surface area contributed by atoms with Crippen molar-refractivity contribution in [2.45, 2.75) is 49.7 Å². The van der Waals surface area contributed by atoms with E-state index in [0.29, 0.717) is 6.42 Å². The fraction of sp³-hybridized carbons (Fsp3) is 0.412. The molecule has 0 radical (unpaired) electrons. The number of halogens is 1. The van der Waals surface area contributed by atoms with Gasteiger partial charge in [0.25, 0.3) is 10.0 Å². The molecule has 1 aliphatic heterocycles. The Balaban J connectivity index is 1.74. The Bertz CT molecular complexity index is 901. The van der Waals surface area contributed by atoms with Crippen LogP contribution in [0, 0.1) is 5.82 Å². The second-order valence-electron chi connectivity index (χ2n) is 6.16. The van der Waals surface area contributed by atoms with E-state index < -0.39 is 21.7 Å². The molecule has 2 heterocycles. The molecule has 1 N–H and O–H groups in total. The highest BCUT2D eigenvalue weighted by Gasteiger charge is 2.25. The van der Waals surface area contributed by atoms with Crippen LogP contribution < -0.4 is 4.72 Å². The zero-order chi connectivity index (χ0) is 18.0. The molecule has 1 fully saturated rings. The average molecular weight is 366 g/mol. The number of carbonyl (C=O) groups is 1. The Morgan fingerprint density at radius 3 is 2.88 bits per heavy atom. The molecule has 1 aromatic carbocycles. The van der Waals surface area contributed by atoms with E-state index in [0.717, 1.165) is 25.0 Å². The lowest BCUT2D eigenvalue weighted by atomic mass is 10.1. The summed E-state index contributed by atoms with van der Waals surface area (Å²) in [5, 5.41) is 0.135. The summed E-state index contributed by atoms with van der Waals surface area (Å²) < 4.78 is 46.5. The highest BCUT2D eigenvalue weighted by Crippen LogP contribution is 2.25. The summed E-state index contributed by atoms with van der Waals surface area (Å²) in [4.78, 5) is 15.7. The fourth-order valence-electron chi connectivity index (χ4n) is 2.99. The maximum Gasteiger partial charge on any atom is 0.264 e.